The molecule has 1 N–H and O–H groups in total. The molecule has 0 amide bonds. The largest absolute Gasteiger partial charge is 0.379 e. The number of ether oxygens (including phenoxy) is 1. The van der Waals surface area contributed by atoms with Crippen LogP contribution in [0.1, 0.15) is 18.7 Å². The van der Waals surface area contributed by atoms with Gasteiger partial charge in [-0.1, -0.05) is 11.2 Å². The first-order valence-corrected chi connectivity index (χ1v) is 9.00. The first-order valence-electron chi connectivity index (χ1n) is 9.00. The molecule has 0 saturated heterocycles. The fourth-order valence-corrected chi connectivity index (χ4v) is 2.46. The molecule has 0 radical (unpaired) electrons. The highest BCUT2D eigenvalue weighted by molar-refractivity contribution is 14.0. The van der Waals surface area contributed by atoms with Crippen LogP contribution in [0.3, 0.4) is 0 Å². The van der Waals surface area contributed by atoms with Crippen LogP contribution >= 0.6 is 24.0 Å². The Labute approximate surface area is 176 Å². The standard InChI is InChI=1S/C18H26N6O2.HI/c1-19-18(24(2)11-12-25-13-14-6-7-14)21-10-8-16-22-17(26-23-16)15-5-3-4-9-20-15;/h3-5,9,14H,6-8,10-13H2,1-2H3,(H,19,21);1H. The van der Waals surface area contributed by atoms with Crippen molar-refractivity contribution in [3.05, 3.63) is 30.2 Å². The second-order valence-electron chi connectivity index (χ2n) is 6.39. The second kappa shape index (κ2) is 11.2. The van der Waals surface area contributed by atoms with Gasteiger partial charge >= 0.3 is 0 Å². The lowest BCUT2D eigenvalue weighted by Gasteiger charge is -2.21. The summed E-state index contributed by atoms with van der Waals surface area (Å²) in [4.78, 5) is 14.9. The maximum Gasteiger partial charge on any atom is 0.276 e. The van der Waals surface area contributed by atoms with Crippen LogP contribution < -0.4 is 5.32 Å². The molecule has 2 heterocycles. The minimum atomic E-state index is 0. The van der Waals surface area contributed by atoms with E-state index < -0.39 is 0 Å². The Morgan fingerprint density at radius 3 is 2.96 bits per heavy atom. The third-order valence-electron chi connectivity index (χ3n) is 4.18. The molecule has 1 fully saturated rings. The molecule has 3 rings (SSSR count). The number of hydrogen-bond acceptors (Lipinski definition) is 6. The van der Waals surface area contributed by atoms with Crippen LogP contribution in [0.25, 0.3) is 11.6 Å². The monoisotopic (exact) mass is 486 g/mol. The van der Waals surface area contributed by atoms with E-state index in [2.05, 4.69) is 30.3 Å². The first-order chi connectivity index (χ1) is 12.8. The number of nitrogens with zero attached hydrogens (tertiary/aromatic N) is 5. The smallest absolute Gasteiger partial charge is 0.276 e. The van der Waals surface area contributed by atoms with E-state index in [1.807, 2.05) is 25.2 Å². The Hall–Kier alpha value is -1.75. The van der Waals surface area contributed by atoms with Gasteiger partial charge in [0.15, 0.2) is 11.8 Å². The van der Waals surface area contributed by atoms with E-state index in [1.54, 1.807) is 13.2 Å². The van der Waals surface area contributed by atoms with Gasteiger partial charge in [-0.3, -0.25) is 9.98 Å². The number of aliphatic imine (C=N–C) groups is 1. The molecule has 0 aliphatic heterocycles. The van der Waals surface area contributed by atoms with E-state index in [1.165, 1.54) is 12.8 Å². The van der Waals surface area contributed by atoms with Crippen molar-refractivity contribution in [3.63, 3.8) is 0 Å². The Morgan fingerprint density at radius 1 is 1.41 bits per heavy atom. The Morgan fingerprint density at radius 2 is 2.26 bits per heavy atom. The van der Waals surface area contributed by atoms with Gasteiger partial charge in [0.2, 0.25) is 0 Å². The molecule has 27 heavy (non-hydrogen) atoms. The summed E-state index contributed by atoms with van der Waals surface area (Å²) >= 11 is 0. The van der Waals surface area contributed by atoms with Crippen LogP contribution in [0.4, 0.5) is 0 Å². The van der Waals surface area contributed by atoms with Crippen molar-refractivity contribution >= 4 is 29.9 Å². The number of nitrogens with one attached hydrogen (secondary N) is 1. The number of halogens is 1. The lowest BCUT2D eigenvalue weighted by atomic mass is 10.3. The van der Waals surface area contributed by atoms with Crippen molar-refractivity contribution in [2.24, 2.45) is 10.9 Å². The fourth-order valence-electron chi connectivity index (χ4n) is 2.46. The highest BCUT2D eigenvalue weighted by Gasteiger charge is 2.21. The van der Waals surface area contributed by atoms with Crippen molar-refractivity contribution in [1.29, 1.82) is 0 Å². The van der Waals surface area contributed by atoms with Crippen LogP contribution in [0.15, 0.2) is 33.9 Å². The van der Waals surface area contributed by atoms with Crippen LogP contribution in [0, 0.1) is 5.92 Å². The van der Waals surface area contributed by atoms with E-state index in [4.69, 9.17) is 9.26 Å². The molecule has 8 nitrogen and oxygen atoms in total. The van der Waals surface area contributed by atoms with Gasteiger partial charge in [-0.15, -0.1) is 24.0 Å². The third kappa shape index (κ3) is 7.06. The number of hydrogen-bond donors (Lipinski definition) is 1. The van der Waals surface area contributed by atoms with Gasteiger partial charge in [0.05, 0.1) is 6.61 Å². The predicted molar refractivity (Wildman–Crippen MR) is 114 cm³/mol. The van der Waals surface area contributed by atoms with Gasteiger partial charge in [0, 0.05) is 46.4 Å². The summed E-state index contributed by atoms with van der Waals surface area (Å²) in [6.07, 6.45) is 4.98. The lowest BCUT2D eigenvalue weighted by molar-refractivity contribution is 0.115. The quantitative estimate of drug-likeness (QED) is 0.252. The average molecular weight is 486 g/mol. The molecule has 0 aromatic carbocycles. The Balaban J connectivity index is 0.00000261. The molecule has 0 unspecified atom stereocenters. The van der Waals surface area contributed by atoms with E-state index in [0.29, 0.717) is 37.0 Å². The predicted octanol–water partition coefficient (Wildman–Crippen LogP) is 2.23. The molecule has 1 aliphatic rings. The van der Waals surface area contributed by atoms with Crippen LogP contribution in [0.5, 0.6) is 0 Å². The summed E-state index contributed by atoms with van der Waals surface area (Å²) in [7, 11) is 3.78. The van der Waals surface area contributed by atoms with E-state index in [0.717, 1.165) is 25.0 Å². The maximum absolute atomic E-state index is 5.68. The summed E-state index contributed by atoms with van der Waals surface area (Å²) in [5.74, 6) is 2.70. The summed E-state index contributed by atoms with van der Waals surface area (Å²) in [5.41, 5.74) is 0.681. The number of guanidine groups is 1. The molecule has 0 atom stereocenters. The molecule has 148 valence electrons. The average Bonchev–Trinajstić information content (AvgIpc) is 3.38. The van der Waals surface area contributed by atoms with Gasteiger partial charge in [-0.2, -0.15) is 4.98 Å². The van der Waals surface area contributed by atoms with Crippen molar-refractivity contribution < 1.29 is 9.26 Å². The van der Waals surface area contributed by atoms with E-state index >= 15 is 0 Å². The van der Waals surface area contributed by atoms with Crippen molar-refractivity contribution in [3.8, 4) is 11.6 Å². The molecular weight excluding hydrogens is 459 g/mol. The number of likely N-dealkylation sites (N-methyl/N-ethyl adjacent to an activating group) is 1. The second-order valence-corrected chi connectivity index (χ2v) is 6.39. The zero-order chi connectivity index (χ0) is 18.2. The van der Waals surface area contributed by atoms with Crippen LogP contribution in [-0.2, 0) is 11.2 Å². The lowest BCUT2D eigenvalue weighted by Crippen LogP contribution is -2.41. The molecule has 0 spiro atoms. The number of rotatable bonds is 9. The van der Waals surface area contributed by atoms with Gasteiger partial charge in [-0.25, -0.2) is 0 Å². The highest BCUT2D eigenvalue weighted by Crippen LogP contribution is 2.28. The summed E-state index contributed by atoms with van der Waals surface area (Å²) < 4.78 is 10.9. The minimum absolute atomic E-state index is 0. The third-order valence-corrected chi connectivity index (χ3v) is 4.18. The zero-order valence-electron chi connectivity index (χ0n) is 15.8. The topological polar surface area (TPSA) is 88.7 Å². The SMILES string of the molecule is CN=C(NCCc1noc(-c2ccccn2)n1)N(C)CCOCC1CC1.I. The Kier molecular flexibility index (Phi) is 8.92. The number of aromatic nitrogens is 3. The highest BCUT2D eigenvalue weighted by atomic mass is 127. The number of pyridine rings is 1. The molecule has 1 saturated carbocycles. The Bertz CT molecular complexity index is 705. The molecular formula is C18H27IN6O2. The maximum atomic E-state index is 5.68. The van der Waals surface area contributed by atoms with Gasteiger partial charge in [-0.05, 0) is 30.9 Å². The van der Waals surface area contributed by atoms with Crippen molar-refractivity contribution in [2.75, 3.05) is 40.4 Å². The zero-order valence-corrected chi connectivity index (χ0v) is 18.1. The normalized spacial score (nSPS) is 13.9. The van der Waals surface area contributed by atoms with E-state index in [-0.39, 0.29) is 24.0 Å². The molecule has 0 bridgehead atoms. The first kappa shape index (κ1) is 21.5. The van der Waals surface area contributed by atoms with Crippen molar-refractivity contribution in [2.45, 2.75) is 19.3 Å². The molecule has 9 heteroatoms. The fraction of sp³-hybridized carbons (Fsp3) is 0.556. The van der Waals surface area contributed by atoms with Crippen molar-refractivity contribution in [1.82, 2.24) is 25.3 Å². The van der Waals surface area contributed by atoms with Crippen LogP contribution in [0.2, 0.25) is 0 Å². The van der Waals surface area contributed by atoms with Gasteiger partial charge < -0.3 is 19.5 Å². The molecule has 1 aliphatic carbocycles. The van der Waals surface area contributed by atoms with Gasteiger partial charge in [0.25, 0.3) is 5.89 Å². The molecule has 2 aromatic heterocycles. The van der Waals surface area contributed by atoms with Gasteiger partial charge in [0.1, 0.15) is 5.69 Å². The minimum Gasteiger partial charge on any atom is -0.379 e. The summed E-state index contributed by atoms with van der Waals surface area (Å²) in [6, 6.07) is 5.59. The van der Waals surface area contributed by atoms with E-state index in [9.17, 15) is 0 Å². The summed E-state index contributed by atoms with van der Waals surface area (Å²) in [6.45, 7) is 3.07. The van der Waals surface area contributed by atoms with Crippen LogP contribution in [-0.4, -0.2) is 66.4 Å². The summed E-state index contributed by atoms with van der Waals surface area (Å²) in [5, 5.41) is 7.32. The molecule has 2 aromatic rings.